The molecule has 0 bridgehead atoms. The van der Waals surface area contributed by atoms with Gasteiger partial charge in [0, 0.05) is 24.7 Å². The highest BCUT2D eigenvalue weighted by Crippen LogP contribution is 2.22. The predicted molar refractivity (Wildman–Crippen MR) is 80.7 cm³/mol. The number of carbonyl (C=O) groups is 1. The van der Waals surface area contributed by atoms with Gasteiger partial charge in [-0.05, 0) is 30.4 Å². The van der Waals surface area contributed by atoms with Crippen molar-refractivity contribution >= 4 is 16.8 Å². The minimum Gasteiger partial charge on any atom is -0.396 e. The lowest BCUT2D eigenvalue weighted by molar-refractivity contribution is 0.0934. The Hall–Kier alpha value is -1.81. The normalized spacial score (nSPS) is 11.8. The molecule has 2 aromatic rings. The number of hydrogen-bond acceptors (Lipinski definition) is 2. The molecule has 0 aliphatic carbocycles. The van der Waals surface area contributed by atoms with Crippen LogP contribution in [0.15, 0.2) is 30.5 Å². The molecule has 0 unspecified atom stereocenters. The number of amides is 1. The Morgan fingerprint density at radius 1 is 1.35 bits per heavy atom. The van der Waals surface area contributed by atoms with Crippen LogP contribution in [-0.2, 0) is 0 Å². The Kier molecular flexibility index (Phi) is 4.45. The number of benzene rings is 1. The van der Waals surface area contributed by atoms with Crippen LogP contribution in [0.3, 0.4) is 0 Å². The average molecular weight is 274 g/mol. The van der Waals surface area contributed by atoms with Gasteiger partial charge < -0.3 is 15.4 Å². The first-order chi connectivity index (χ1) is 9.53. The number of aliphatic hydroxyl groups excluding tert-OH is 1. The number of aliphatic hydroxyl groups is 1. The van der Waals surface area contributed by atoms with Gasteiger partial charge in [-0.2, -0.15) is 0 Å². The summed E-state index contributed by atoms with van der Waals surface area (Å²) < 4.78 is 0. The lowest BCUT2D eigenvalue weighted by Crippen LogP contribution is -2.34. The van der Waals surface area contributed by atoms with E-state index in [1.165, 1.54) is 0 Å². The molecule has 1 heterocycles. The lowest BCUT2D eigenvalue weighted by atomic mass is 9.88. The zero-order valence-electron chi connectivity index (χ0n) is 12.1. The summed E-state index contributed by atoms with van der Waals surface area (Å²) in [5.41, 5.74) is 1.53. The summed E-state index contributed by atoms with van der Waals surface area (Å²) in [7, 11) is 0. The van der Waals surface area contributed by atoms with E-state index in [4.69, 9.17) is 5.11 Å². The topological polar surface area (TPSA) is 65.1 Å². The molecule has 3 N–H and O–H groups in total. The van der Waals surface area contributed by atoms with Crippen LogP contribution in [0.4, 0.5) is 0 Å². The fourth-order valence-corrected chi connectivity index (χ4v) is 2.33. The number of carbonyl (C=O) groups excluding carboxylic acids is 1. The van der Waals surface area contributed by atoms with Crippen LogP contribution in [0.2, 0.25) is 0 Å². The summed E-state index contributed by atoms with van der Waals surface area (Å²) in [6.45, 7) is 4.98. The van der Waals surface area contributed by atoms with Crippen molar-refractivity contribution in [2.45, 2.75) is 26.7 Å². The maximum atomic E-state index is 12.3. The van der Waals surface area contributed by atoms with E-state index in [0.717, 1.165) is 23.7 Å². The smallest absolute Gasteiger partial charge is 0.253 e. The van der Waals surface area contributed by atoms with Crippen LogP contribution >= 0.6 is 0 Å². The molecule has 0 atom stereocenters. The molecule has 2 rings (SSSR count). The van der Waals surface area contributed by atoms with E-state index in [9.17, 15) is 4.79 Å². The molecule has 0 aliphatic rings. The third-order valence-electron chi connectivity index (χ3n) is 3.57. The van der Waals surface area contributed by atoms with Gasteiger partial charge >= 0.3 is 0 Å². The molecule has 4 nitrogen and oxygen atoms in total. The Bertz CT molecular complexity index is 587. The molecule has 0 saturated heterocycles. The van der Waals surface area contributed by atoms with E-state index >= 15 is 0 Å². The molecule has 1 amide bonds. The lowest BCUT2D eigenvalue weighted by Gasteiger charge is -2.24. The van der Waals surface area contributed by atoms with Gasteiger partial charge in [-0.25, -0.2) is 0 Å². The van der Waals surface area contributed by atoms with Crippen molar-refractivity contribution in [3.05, 3.63) is 36.0 Å². The molecule has 0 spiro atoms. The summed E-state index contributed by atoms with van der Waals surface area (Å²) in [5.74, 6) is -0.0601. The van der Waals surface area contributed by atoms with Crippen LogP contribution < -0.4 is 5.32 Å². The molecule has 20 heavy (non-hydrogen) atoms. The van der Waals surface area contributed by atoms with Crippen LogP contribution in [0.25, 0.3) is 10.9 Å². The van der Waals surface area contributed by atoms with Crippen molar-refractivity contribution in [2.75, 3.05) is 13.2 Å². The number of H-pyrrole nitrogens is 1. The van der Waals surface area contributed by atoms with Gasteiger partial charge in [-0.15, -0.1) is 0 Å². The van der Waals surface area contributed by atoms with Gasteiger partial charge in [0.15, 0.2) is 0 Å². The van der Waals surface area contributed by atoms with E-state index in [2.05, 4.69) is 24.1 Å². The van der Waals surface area contributed by atoms with Crippen molar-refractivity contribution < 1.29 is 9.90 Å². The standard InChI is InChI=1S/C16H22N2O2/c1-16(2,8-4-10-19)11-18-15(20)13-6-3-5-12-7-9-17-14(12)13/h3,5-7,9,17,19H,4,8,10-11H2,1-2H3,(H,18,20). The highest BCUT2D eigenvalue weighted by molar-refractivity contribution is 6.05. The quantitative estimate of drug-likeness (QED) is 0.758. The van der Waals surface area contributed by atoms with Gasteiger partial charge in [0.05, 0.1) is 11.1 Å². The first kappa shape index (κ1) is 14.6. The highest BCUT2D eigenvalue weighted by Gasteiger charge is 2.19. The molecule has 0 aliphatic heterocycles. The molecule has 0 fully saturated rings. The number of nitrogens with one attached hydrogen (secondary N) is 2. The molecule has 0 radical (unpaired) electrons. The van der Waals surface area contributed by atoms with Crippen molar-refractivity contribution in [3.63, 3.8) is 0 Å². The SMILES string of the molecule is CC(C)(CCCO)CNC(=O)c1cccc2cc[nH]c12. The van der Waals surface area contributed by atoms with E-state index in [1.807, 2.05) is 30.5 Å². The first-order valence-corrected chi connectivity index (χ1v) is 6.99. The maximum Gasteiger partial charge on any atom is 0.253 e. The van der Waals surface area contributed by atoms with E-state index in [1.54, 1.807) is 0 Å². The predicted octanol–water partition coefficient (Wildman–Crippen LogP) is 2.70. The summed E-state index contributed by atoms with van der Waals surface area (Å²) in [6, 6.07) is 7.65. The molecular weight excluding hydrogens is 252 g/mol. The first-order valence-electron chi connectivity index (χ1n) is 6.99. The third kappa shape index (κ3) is 3.39. The van der Waals surface area contributed by atoms with Gasteiger partial charge in [0.25, 0.3) is 5.91 Å². The van der Waals surface area contributed by atoms with E-state index < -0.39 is 0 Å². The number of para-hydroxylation sites is 1. The van der Waals surface area contributed by atoms with E-state index in [-0.39, 0.29) is 17.9 Å². The maximum absolute atomic E-state index is 12.3. The summed E-state index contributed by atoms with van der Waals surface area (Å²) in [6.07, 6.45) is 3.48. The Labute approximate surface area is 119 Å². The number of aromatic amines is 1. The molecule has 1 aromatic heterocycles. The van der Waals surface area contributed by atoms with Crippen LogP contribution in [0.5, 0.6) is 0 Å². The minimum atomic E-state index is -0.0601. The fraction of sp³-hybridized carbons (Fsp3) is 0.438. The van der Waals surface area contributed by atoms with Gasteiger partial charge in [0.1, 0.15) is 0 Å². The number of hydrogen-bond donors (Lipinski definition) is 3. The zero-order valence-corrected chi connectivity index (χ0v) is 12.1. The summed E-state index contributed by atoms with van der Waals surface area (Å²) >= 11 is 0. The van der Waals surface area contributed by atoms with Gasteiger partial charge in [-0.3, -0.25) is 4.79 Å². The fourth-order valence-electron chi connectivity index (χ4n) is 2.33. The highest BCUT2D eigenvalue weighted by atomic mass is 16.2. The number of rotatable bonds is 6. The number of fused-ring (bicyclic) bond motifs is 1. The monoisotopic (exact) mass is 274 g/mol. The summed E-state index contributed by atoms with van der Waals surface area (Å²) in [5, 5.41) is 12.9. The second-order valence-electron chi connectivity index (χ2n) is 5.92. The molecule has 4 heteroatoms. The Balaban J connectivity index is 2.03. The number of aromatic nitrogens is 1. The average Bonchev–Trinajstić information content (AvgIpc) is 2.91. The van der Waals surface area contributed by atoms with Gasteiger partial charge in [-0.1, -0.05) is 26.0 Å². The Morgan fingerprint density at radius 2 is 2.15 bits per heavy atom. The molecule has 0 saturated carbocycles. The van der Waals surface area contributed by atoms with Crippen LogP contribution in [0, 0.1) is 5.41 Å². The van der Waals surface area contributed by atoms with Gasteiger partial charge in [0.2, 0.25) is 0 Å². The van der Waals surface area contributed by atoms with Crippen molar-refractivity contribution in [1.82, 2.24) is 10.3 Å². The second-order valence-corrected chi connectivity index (χ2v) is 5.92. The zero-order chi connectivity index (χ0) is 14.6. The van der Waals surface area contributed by atoms with Crippen LogP contribution in [0.1, 0.15) is 37.0 Å². The largest absolute Gasteiger partial charge is 0.396 e. The minimum absolute atomic E-state index is 0.0119. The third-order valence-corrected chi connectivity index (χ3v) is 3.57. The van der Waals surface area contributed by atoms with Crippen molar-refractivity contribution in [3.8, 4) is 0 Å². The van der Waals surface area contributed by atoms with E-state index in [0.29, 0.717) is 12.1 Å². The molecular formula is C16H22N2O2. The molecule has 108 valence electrons. The Morgan fingerprint density at radius 3 is 2.90 bits per heavy atom. The van der Waals surface area contributed by atoms with Crippen LogP contribution in [-0.4, -0.2) is 29.1 Å². The molecule has 1 aromatic carbocycles. The second kappa shape index (κ2) is 6.09. The van der Waals surface area contributed by atoms with Crippen molar-refractivity contribution in [2.24, 2.45) is 5.41 Å². The van der Waals surface area contributed by atoms with Crippen molar-refractivity contribution in [1.29, 1.82) is 0 Å². The summed E-state index contributed by atoms with van der Waals surface area (Å²) in [4.78, 5) is 15.4.